The standard InChI is InChI=1S/C71H137N5O7/c1-6-11-15-19-23-27-31-35-39-43-47-51-57-72(58-52-48-44-40-36-32-28-24-20-16-12-7-2)61-55-67(77)82-65-63-75-69(79)74(10-5)70(80)76(71(75)81)64-66-83-68(78)56-62-73(59-53-49-45-41-37-33-29-25-21-17-13-8-3)60-54-50-46-42-38-34-30-26-22-18-14-9-4/h6-66H2,1-5H3. The third-order valence-electron chi connectivity index (χ3n) is 17.4. The van der Waals surface area contributed by atoms with Crippen molar-refractivity contribution in [2.24, 2.45) is 0 Å². The Hall–Kier alpha value is -2.73. The smallest absolute Gasteiger partial charge is 0.336 e. The van der Waals surface area contributed by atoms with Crippen molar-refractivity contribution in [2.75, 3.05) is 52.5 Å². The highest BCUT2D eigenvalue weighted by Gasteiger charge is 2.17. The quantitative estimate of drug-likeness (QED) is 0.0463. The van der Waals surface area contributed by atoms with Crippen LogP contribution in [0.15, 0.2) is 14.4 Å². The highest BCUT2D eigenvalue weighted by atomic mass is 16.5. The van der Waals surface area contributed by atoms with Crippen LogP contribution in [0.5, 0.6) is 0 Å². The lowest BCUT2D eigenvalue weighted by Gasteiger charge is -2.22. The number of hydrogen-bond acceptors (Lipinski definition) is 9. The second-order valence-electron chi connectivity index (χ2n) is 25.1. The zero-order chi connectivity index (χ0) is 60.3. The molecular weight excluding hydrogens is 1030 g/mol. The Morgan fingerprint density at radius 2 is 0.470 bits per heavy atom. The molecule has 1 heterocycles. The normalized spacial score (nSPS) is 11.7. The second kappa shape index (κ2) is 59.6. The number of nitrogens with zero attached hydrogens (tertiary/aromatic N) is 5. The third kappa shape index (κ3) is 46.1. The van der Waals surface area contributed by atoms with Gasteiger partial charge in [0.05, 0.1) is 25.9 Å². The van der Waals surface area contributed by atoms with Crippen LogP contribution in [0.3, 0.4) is 0 Å². The lowest BCUT2D eigenvalue weighted by atomic mass is 10.0. The van der Waals surface area contributed by atoms with Crippen LogP contribution < -0.4 is 17.1 Å². The van der Waals surface area contributed by atoms with Gasteiger partial charge in [-0.05, 0) is 58.8 Å². The molecule has 0 amide bonds. The van der Waals surface area contributed by atoms with E-state index in [0.717, 1.165) is 65.6 Å². The minimum absolute atomic E-state index is 0.0694. The van der Waals surface area contributed by atoms with Crippen LogP contribution in [-0.4, -0.2) is 87.9 Å². The Kier molecular flexibility index (Phi) is 56.2. The molecular formula is C71H137N5O7. The van der Waals surface area contributed by atoms with Gasteiger partial charge in [0.1, 0.15) is 13.2 Å². The predicted octanol–water partition coefficient (Wildman–Crippen LogP) is 18.5. The number of carbonyl (C=O) groups is 2. The average molecular weight is 1170 g/mol. The van der Waals surface area contributed by atoms with Gasteiger partial charge in [-0.3, -0.25) is 9.59 Å². The Morgan fingerprint density at radius 3 is 0.675 bits per heavy atom. The van der Waals surface area contributed by atoms with Crippen LogP contribution in [0.1, 0.15) is 356 Å². The van der Waals surface area contributed by atoms with Crippen LogP contribution in [0.4, 0.5) is 0 Å². The molecule has 0 N–H and O–H groups in total. The van der Waals surface area contributed by atoms with E-state index in [1.54, 1.807) is 6.92 Å². The Balaban J connectivity index is 2.72. The SMILES string of the molecule is CCCCCCCCCCCCCCN(CCCCCCCCCCCCCC)CCC(=O)OCCn1c(=O)n(CC)c(=O)n(CCOC(=O)CCN(CCCCCCCCCCCCCC)CCCCCCCCCCCCCC)c1=O. The summed E-state index contributed by atoms with van der Waals surface area (Å²) in [6, 6.07) is 0. The summed E-state index contributed by atoms with van der Waals surface area (Å²) in [4.78, 5) is 71.7. The first-order chi connectivity index (χ1) is 40.7. The van der Waals surface area contributed by atoms with Gasteiger partial charge >= 0.3 is 29.0 Å². The molecule has 0 spiro atoms. The van der Waals surface area contributed by atoms with Crippen molar-refractivity contribution in [1.29, 1.82) is 0 Å². The Morgan fingerprint density at radius 1 is 0.277 bits per heavy atom. The molecule has 0 unspecified atom stereocenters. The molecule has 0 fully saturated rings. The molecule has 1 rings (SSSR count). The first-order valence-corrected chi connectivity index (χ1v) is 36.4. The molecule has 1 aromatic heterocycles. The van der Waals surface area contributed by atoms with E-state index in [1.165, 1.54) is 283 Å². The fourth-order valence-electron chi connectivity index (χ4n) is 11.9. The molecule has 0 saturated heterocycles. The monoisotopic (exact) mass is 1170 g/mol. The molecule has 1 aromatic rings. The van der Waals surface area contributed by atoms with E-state index >= 15 is 0 Å². The van der Waals surface area contributed by atoms with E-state index in [0.29, 0.717) is 13.1 Å². The summed E-state index contributed by atoms with van der Waals surface area (Å²) in [5.41, 5.74) is -2.25. The van der Waals surface area contributed by atoms with Gasteiger partial charge in [0, 0.05) is 19.6 Å². The summed E-state index contributed by atoms with van der Waals surface area (Å²) in [6.07, 6.45) is 63.5. The Labute approximate surface area is 511 Å². The molecule has 0 aliphatic heterocycles. The summed E-state index contributed by atoms with van der Waals surface area (Å²) in [5.74, 6) is -0.713. The minimum Gasteiger partial charge on any atom is -0.464 e. The Bertz CT molecular complexity index is 1600. The second-order valence-corrected chi connectivity index (χ2v) is 25.1. The number of ether oxygens (including phenoxy) is 2. The molecule has 0 bridgehead atoms. The van der Waals surface area contributed by atoms with E-state index < -0.39 is 17.1 Å². The summed E-state index contributed by atoms with van der Waals surface area (Å²) >= 11 is 0. The van der Waals surface area contributed by atoms with E-state index in [2.05, 4.69) is 37.5 Å². The molecule has 0 saturated carbocycles. The van der Waals surface area contributed by atoms with E-state index in [-0.39, 0.29) is 57.6 Å². The van der Waals surface area contributed by atoms with Crippen molar-refractivity contribution in [3.63, 3.8) is 0 Å². The number of aromatic nitrogens is 3. The number of esters is 2. The van der Waals surface area contributed by atoms with Crippen LogP contribution in [0, 0.1) is 0 Å². The van der Waals surface area contributed by atoms with E-state index in [1.807, 2.05) is 0 Å². The molecule has 12 nitrogen and oxygen atoms in total. The van der Waals surface area contributed by atoms with Crippen LogP contribution in [0.25, 0.3) is 0 Å². The van der Waals surface area contributed by atoms with Crippen LogP contribution in [0.2, 0.25) is 0 Å². The van der Waals surface area contributed by atoms with Gasteiger partial charge in [0.25, 0.3) is 0 Å². The topological polar surface area (TPSA) is 125 Å². The average Bonchev–Trinajstić information content (AvgIpc) is 3.32. The first kappa shape index (κ1) is 78.3. The highest BCUT2D eigenvalue weighted by molar-refractivity contribution is 5.69. The lowest BCUT2D eigenvalue weighted by Crippen LogP contribution is -2.55. The van der Waals surface area contributed by atoms with Gasteiger partial charge in [-0.1, -0.05) is 310 Å². The molecule has 0 radical (unpaired) electrons. The van der Waals surface area contributed by atoms with Gasteiger partial charge in [-0.15, -0.1) is 0 Å². The maximum atomic E-state index is 13.7. The summed E-state index contributed by atoms with van der Waals surface area (Å²) in [7, 11) is 0. The van der Waals surface area contributed by atoms with Gasteiger partial charge < -0.3 is 19.3 Å². The minimum atomic E-state index is -0.788. The molecule has 0 aromatic carbocycles. The highest BCUT2D eigenvalue weighted by Crippen LogP contribution is 2.17. The van der Waals surface area contributed by atoms with Crippen molar-refractivity contribution in [2.45, 2.75) is 375 Å². The number of carbonyl (C=O) groups excluding carboxylic acids is 2. The van der Waals surface area contributed by atoms with Gasteiger partial charge in [0.15, 0.2) is 0 Å². The van der Waals surface area contributed by atoms with Crippen LogP contribution >= 0.6 is 0 Å². The summed E-state index contributed by atoms with van der Waals surface area (Å²) in [5, 5.41) is 0. The van der Waals surface area contributed by atoms with Crippen molar-refractivity contribution in [3.05, 3.63) is 31.5 Å². The fourth-order valence-corrected chi connectivity index (χ4v) is 11.9. The number of hydrogen-bond donors (Lipinski definition) is 0. The first-order valence-electron chi connectivity index (χ1n) is 36.4. The van der Waals surface area contributed by atoms with E-state index in [4.69, 9.17) is 9.47 Å². The largest absolute Gasteiger partial charge is 0.464 e. The van der Waals surface area contributed by atoms with Crippen LogP contribution in [-0.2, 0) is 38.7 Å². The maximum absolute atomic E-state index is 13.7. The molecule has 488 valence electrons. The van der Waals surface area contributed by atoms with Crippen molar-refractivity contribution >= 4 is 11.9 Å². The van der Waals surface area contributed by atoms with Crippen molar-refractivity contribution in [1.82, 2.24) is 23.5 Å². The maximum Gasteiger partial charge on any atom is 0.336 e. The fraction of sp³-hybridized carbons (Fsp3) is 0.930. The number of rotatable bonds is 65. The van der Waals surface area contributed by atoms with Gasteiger partial charge in [-0.2, -0.15) is 0 Å². The molecule has 0 aliphatic carbocycles. The summed E-state index contributed by atoms with van der Waals surface area (Å²) < 4.78 is 14.2. The molecule has 0 aliphatic rings. The molecule has 12 heteroatoms. The third-order valence-corrected chi connectivity index (χ3v) is 17.4. The molecule has 0 atom stereocenters. The zero-order valence-corrected chi connectivity index (χ0v) is 55.7. The predicted molar refractivity (Wildman–Crippen MR) is 353 cm³/mol. The summed E-state index contributed by atoms with van der Waals surface area (Å²) in [6.45, 7) is 15.3. The zero-order valence-electron chi connectivity index (χ0n) is 55.7. The lowest BCUT2D eigenvalue weighted by molar-refractivity contribution is -0.145. The van der Waals surface area contributed by atoms with Gasteiger partial charge in [-0.25, -0.2) is 28.1 Å². The van der Waals surface area contributed by atoms with Crippen molar-refractivity contribution in [3.8, 4) is 0 Å². The van der Waals surface area contributed by atoms with E-state index in [9.17, 15) is 24.0 Å². The molecule has 83 heavy (non-hydrogen) atoms. The number of unbranched alkanes of at least 4 members (excludes halogenated alkanes) is 44. The van der Waals surface area contributed by atoms with Crippen molar-refractivity contribution < 1.29 is 19.1 Å². The van der Waals surface area contributed by atoms with Gasteiger partial charge in [0.2, 0.25) is 0 Å².